The summed E-state index contributed by atoms with van der Waals surface area (Å²) in [6.45, 7) is 3.27. The summed E-state index contributed by atoms with van der Waals surface area (Å²) in [7, 11) is 3.21. The number of carbonyl (C=O) groups excluding carboxylic acids is 1. The van der Waals surface area contributed by atoms with Crippen LogP contribution < -0.4 is 30.4 Å². The Kier molecular flexibility index (Phi) is 7.93. The van der Waals surface area contributed by atoms with Crippen LogP contribution in [0, 0.1) is 0 Å². The molecule has 162 valence electrons. The lowest BCUT2D eigenvalue weighted by atomic mass is 10.0. The molecule has 2 aromatic carbocycles. The van der Waals surface area contributed by atoms with Gasteiger partial charge in [-0.25, -0.2) is 10.9 Å². The molecule has 2 atom stereocenters. The van der Waals surface area contributed by atoms with Crippen LogP contribution in [0.5, 0.6) is 17.2 Å². The molecule has 0 saturated carbocycles. The lowest BCUT2D eigenvalue weighted by molar-refractivity contribution is -0.123. The number of amides is 1. The molecule has 0 aromatic heterocycles. The normalized spacial score (nSPS) is 18.1. The van der Waals surface area contributed by atoms with Crippen molar-refractivity contribution in [3.8, 4) is 17.2 Å². The third-order valence-electron chi connectivity index (χ3n) is 5.22. The highest BCUT2D eigenvalue weighted by molar-refractivity contribution is 5.82. The fraction of sp³-hybridized carbons (Fsp3) is 0.435. The van der Waals surface area contributed by atoms with Gasteiger partial charge in [-0.1, -0.05) is 25.5 Å². The number of methoxy groups -OCH3 is 2. The average molecular weight is 414 g/mol. The summed E-state index contributed by atoms with van der Waals surface area (Å²) in [6, 6.07) is 13.4. The molecular weight excluding hydrogens is 382 g/mol. The molecule has 2 unspecified atom stereocenters. The Bertz CT molecular complexity index is 826. The standard InChI is InChI=1S/C23H31N3O4/c1-4-5-12-30-18-9-6-16(7-10-18)20-14-21(26-25-20)23(27)24-15-17-8-11-19(28-2)13-22(17)29-3/h6-11,13,20-21,25-26H,4-5,12,14-15H2,1-3H3,(H,24,27). The molecule has 0 radical (unpaired) electrons. The Morgan fingerprint density at radius 1 is 1.07 bits per heavy atom. The molecule has 0 spiro atoms. The Hall–Kier alpha value is -2.77. The van der Waals surface area contributed by atoms with Crippen molar-refractivity contribution in [1.29, 1.82) is 0 Å². The van der Waals surface area contributed by atoms with Gasteiger partial charge in [-0.3, -0.25) is 4.79 Å². The van der Waals surface area contributed by atoms with Crippen molar-refractivity contribution in [2.45, 2.75) is 44.8 Å². The third kappa shape index (κ3) is 5.64. The monoisotopic (exact) mass is 413 g/mol. The number of benzene rings is 2. The van der Waals surface area contributed by atoms with Gasteiger partial charge in [0.2, 0.25) is 5.91 Å². The highest BCUT2D eigenvalue weighted by Crippen LogP contribution is 2.26. The van der Waals surface area contributed by atoms with E-state index < -0.39 is 0 Å². The number of hydrogen-bond acceptors (Lipinski definition) is 6. The predicted octanol–water partition coefficient (Wildman–Crippen LogP) is 3.11. The van der Waals surface area contributed by atoms with E-state index in [1.165, 1.54) is 0 Å². The maximum Gasteiger partial charge on any atom is 0.238 e. The number of rotatable bonds is 10. The topological polar surface area (TPSA) is 80.9 Å². The number of hydrogen-bond donors (Lipinski definition) is 3. The molecule has 3 rings (SSSR count). The zero-order valence-electron chi connectivity index (χ0n) is 17.9. The second-order valence-electron chi connectivity index (χ2n) is 7.30. The van der Waals surface area contributed by atoms with Crippen molar-refractivity contribution < 1.29 is 19.0 Å². The van der Waals surface area contributed by atoms with Crippen LogP contribution in [0.2, 0.25) is 0 Å². The van der Waals surface area contributed by atoms with E-state index in [1.54, 1.807) is 14.2 Å². The molecule has 30 heavy (non-hydrogen) atoms. The summed E-state index contributed by atoms with van der Waals surface area (Å²) in [4.78, 5) is 12.6. The predicted molar refractivity (Wildman–Crippen MR) is 116 cm³/mol. The number of unbranched alkanes of at least 4 members (excludes halogenated alkanes) is 1. The summed E-state index contributed by atoms with van der Waals surface area (Å²) in [5.74, 6) is 2.22. The summed E-state index contributed by atoms with van der Waals surface area (Å²) in [5, 5.41) is 2.98. The molecule has 1 saturated heterocycles. The van der Waals surface area contributed by atoms with E-state index in [2.05, 4.69) is 23.1 Å². The van der Waals surface area contributed by atoms with Crippen LogP contribution in [-0.2, 0) is 11.3 Å². The second kappa shape index (κ2) is 10.8. The Morgan fingerprint density at radius 2 is 1.83 bits per heavy atom. The van der Waals surface area contributed by atoms with E-state index in [9.17, 15) is 4.79 Å². The van der Waals surface area contributed by atoms with Crippen LogP contribution in [0.25, 0.3) is 0 Å². The fourth-order valence-corrected chi connectivity index (χ4v) is 3.38. The van der Waals surface area contributed by atoms with Gasteiger partial charge < -0.3 is 19.5 Å². The Labute approximate surface area is 178 Å². The zero-order valence-corrected chi connectivity index (χ0v) is 17.9. The summed E-state index contributed by atoms with van der Waals surface area (Å²) in [5.41, 5.74) is 8.34. The highest BCUT2D eigenvalue weighted by atomic mass is 16.5. The summed E-state index contributed by atoms with van der Waals surface area (Å²) < 4.78 is 16.3. The first-order valence-electron chi connectivity index (χ1n) is 10.4. The largest absolute Gasteiger partial charge is 0.497 e. The molecule has 1 aliphatic heterocycles. The molecule has 0 aliphatic carbocycles. The van der Waals surface area contributed by atoms with Crippen molar-refractivity contribution in [3.63, 3.8) is 0 Å². The minimum atomic E-state index is -0.306. The van der Waals surface area contributed by atoms with Crippen LogP contribution in [-0.4, -0.2) is 32.8 Å². The zero-order chi connectivity index (χ0) is 21.3. The van der Waals surface area contributed by atoms with Crippen molar-refractivity contribution in [3.05, 3.63) is 53.6 Å². The molecule has 7 nitrogen and oxygen atoms in total. The molecule has 1 amide bonds. The van der Waals surface area contributed by atoms with E-state index in [0.29, 0.717) is 24.5 Å². The van der Waals surface area contributed by atoms with E-state index in [4.69, 9.17) is 14.2 Å². The van der Waals surface area contributed by atoms with Gasteiger partial charge in [0.15, 0.2) is 0 Å². The average Bonchev–Trinajstić information content (AvgIpc) is 3.28. The first kappa shape index (κ1) is 21.9. The van der Waals surface area contributed by atoms with Crippen LogP contribution in [0.3, 0.4) is 0 Å². The van der Waals surface area contributed by atoms with E-state index >= 15 is 0 Å². The molecule has 7 heteroatoms. The third-order valence-corrected chi connectivity index (χ3v) is 5.22. The molecular formula is C23H31N3O4. The van der Waals surface area contributed by atoms with Crippen LogP contribution in [0.15, 0.2) is 42.5 Å². The number of nitrogens with one attached hydrogen (secondary N) is 3. The number of ether oxygens (including phenoxy) is 3. The van der Waals surface area contributed by atoms with Gasteiger partial charge in [-0.2, -0.15) is 0 Å². The van der Waals surface area contributed by atoms with Gasteiger partial charge in [0.1, 0.15) is 23.3 Å². The molecule has 1 aliphatic rings. The molecule has 0 bridgehead atoms. The van der Waals surface area contributed by atoms with E-state index in [-0.39, 0.29) is 18.0 Å². The molecule has 3 N–H and O–H groups in total. The van der Waals surface area contributed by atoms with Crippen LogP contribution in [0.1, 0.15) is 43.4 Å². The molecule has 1 fully saturated rings. The first-order valence-corrected chi connectivity index (χ1v) is 10.4. The van der Waals surface area contributed by atoms with Gasteiger partial charge in [-0.05, 0) is 42.7 Å². The van der Waals surface area contributed by atoms with Crippen molar-refractivity contribution in [2.24, 2.45) is 0 Å². The van der Waals surface area contributed by atoms with Crippen molar-refractivity contribution >= 4 is 5.91 Å². The summed E-state index contributed by atoms with van der Waals surface area (Å²) >= 11 is 0. The van der Waals surface area contributed by atoms with Gasteiger partial charge in [-0.15, -0.1) is 0 Å². The van der Waals surface area contributed by atoms with Crippen molar-refractivity contribution in [2.75, 3.05) is 20.8 Å². The quantitative estimate of drug-likeness (QED) is 0.520. The Balaban J connectivity index is 1.51. The summed E-state index contributed by atoms with van der Waals surface area (Å²) in [6.07, 6.45) is 2.83. The minimum Gasteiger partial charge on any atom is -0.497 e. The van der Waals surface area contributed by atoms with Crippen molar-refractivity contribution in [1.82, 2.24) is 16.2 Å². The Morgan fingerprint density at radius 3 is 2.53 bits per heavy atom. The van der Waals surface area contributed by atoms with Gasteiger partial charge in [0.05, 0.1) is 20.8 Å². The van der Waals surface area contributed by atoms with Gasteiger partial charge in [0, 0.05) is 24.2 Å². The first-order chi connectivity index (χ1) is 14.6. The highest BCUT2D eigenvalue weighted by Gasteiger charge is 2.30. The molecule has 2 aromatic rings. The lowest BCUT2D eigenvalue weighted by Gasteiger charge is -2.14. The number of hydrazine groups is 1. The second-order valence-corrected chi connectivity index (χ2v) is 7.30. The van der Waals surface area contributed by atoms with Crippen LogP contribution >= 0.6 is 0 Å². The maximum absolute atomic E-state index is 12.6. The fourth-order valence-electron chi connectivity index (χ4n) is 3.38. The SMILES string of the molecule is CCCCOc1ccc(C2CC(C(=O)NCc3ccc(OC)cc3OC)NN2)cc1. The van der Waals surface area contributed by atoms with Crippen LogP contribution in [0.4, 0.5) is 0 Å². The van der Waals surface area contributed by atoms with Gasteiger partial charge in [0.25, 0.3) is 0 Å². The lowest BCUT2D eigenvalue weighted by Crippen LogP contribution is -2.42. The van der Waals surface area contributed by atoms with E-state index in [1.807, 2.05) is 42.5 Å². The van der Waals surface area contributed by atoms with E-state index in [0.717, 1.165) is 36.3 Å². The maximum atomic E-state index is 12.6. The number of carbonyl (C=O) groups is 1. The minimum absolute atomic E-state index is 0.0533. The molecule has 1 heterocycles. The smallest absolute Gasteiger partial charge is 0.238 e. The van der Waals surface area contributed by atoms with Gasteiger partial charge >= 0.3 is 0 Å².